The zero-order valence-electron chi connectivity index (χ0n) is 14.6. The highest BCUT2D eigenvalue weighted by Gasteiger charge is 2.40. The van der Waals surface area contributed by atoms with Crippen molar-refractivity contribution >= 4 is 15.9 Å². The summed E-state index contributed by atoms with van der Waals surface area (Å²) in [5.41, 5.74) is 0. The van der Waals surface area contributed by atoms with Crippen molar-refractivity contribution in [2.24, 2.45) is 0 Å². The zero-order chi connectivity index (χ0) is 19.7. The number of aromatic nitrogens is 1. The van der Waals surface area contributed by atoms with Gasteiger partial charge in [-0.1, -0.05) is 0 Å². The molecular formula is C16H21F3N4O3S. The molecule has 11 heteroatoms. The summed E-state index contributed by atoms with van der Waals surface area (Å²) in [7, 11) is -3.66. The second kappa shape index (κ2) is 7.72. The van der Waals surface area contributed by atoms with Gasteiger partial charge < -0.3 is 4.90 Å². The number of amides is 1. The van der Waals surface area contributed by atoms with Crippen molar-refractivity contribution in [1.82, 2.24) is 19.1 Å². The Morgan fingerprint density at radius 2 is 1.85 bits per heavy atom. The number of piperazine rings is 1. The lowest BCUT2D eigenvalue weighted by atomic mass is 10.0. The summed E-state index contributed by atoms with van der Waals surface area (Å²) in [5, 5.41) is 0. The number of carbonyl (C=O) groups is 1. The normalized spacial score (nSPS) is 23.6. The molecule has 2 aliphatic heterocycles. The molecule has 3 rings (SSSR count). The molecule has 3 heterocycles. The first-order valence-electron chi connectivity index (χ1n) is 8.68. The molecule has 0 bridgehead atoms. The number of piperidine rings is 1. The number of nitrogens with zero attached hydrogens (tertiary/aromatic N) is 4. The molecule has 1 amide bonds. The molecule has 2 saturated heterocycles. The van der Waals surface area contributed by atoms with E-state index in [1.165, 1.54) is 22.8 Å². The highest BCUT2D eigenvalue weighted by molar-refractivity contribution is 7.89. The number of likely N-dealkylation sites (tertiary alicyclic amines) is 1. The van der Waals surface area contributed by atoms with Gasteiger partial charge in [0, 0.05) is 45.1 Å². The van der Waals surface area contributed by atoms with Crippen LogP contribution >= 0.6 is 0 Å². The Kier molecular flexibility index (Phi) is 5.73. The first-order valence-corrected chi connectivity index (χ1v) is 10.1. The highest BCUT2D eigenvalue weighted by Crippen LogP contribution is 2.24. The Balaban J connectivity index is 1.63. The topological polar surface area (TPSA) is 73.8 Å². The predicted molar refractivity (Wildman–Crippen MR) is 90.2 cm³/mol. The molecule has 0 saturated carbocycles. The number of rotatable bonds is 4. The van der Waals surface area contributed by atoms with Gasteiger partial charge in [-0.15, -0.1) is 0 Å². The van der Waals surface area contributed by atoms with Crippen LogP contribution in [-0.4, -0.2) is 84.9 Å². The van der Waals surface area contributed by atoms with Crippen molar-refractivity contribution in [2.75, 3.05) is 39.3 Å². The molecule has 0 aliphatic carbocycles. The van der Waals surface area contributed by atoms with Gasteiger partial charge in [-0.25, -0.2) is 8.42 Å². The van der Waals surface area contributed by atoms with Gasteiger partial charge in [0.25, 0.3) is 0 Å². The summed E-state index contributed by atoms with van der Waals surface area (Å²) in [6, 6.07) is 2.39. The Labute approximate surface area is 155 Å². The minimum atomic E-state index is -4.42. The van der Waals surface area contributed by atoms with E-state index < -0.39 is 34.7 Å². The fourth-order valence-corrected chi connectivity index (χ4v) is 4.92. The number of hydrogen-bond donors (Lipinski definition) is 0. The van der Waals surface area contributed by atoms with Gasteiger partial charge >= 0.3 is 6.18 Å². The van der Waals surface area contributed by atoms with E-state index in [9.17, 15) is 26.4 Å². The maximum Gasteiger partial charge on any atom is 0.406 e. The molecule has 0 radical (unpaired) electrons. The first-order chi connectivity index (χ1) is 12.7. The van der Waals surface area contributed by atoms with E-state index in [2.05, 4.69) is 4.98 Å². The molecule has 0 aromatic carbocycles. The molecule has 1 aromatic heterocycles. The van der Waals surface area contributed by atoms with E-state index in [0.29, 0.717) is 25.9 Å². The van der Waals surface area contributed by atoms with Gasteiger partial charge in [0.15, 0.2) is 0 Å². The van der Waals surface area contributed by atoms with Gasteiger partial charge in [-0.3, -0.25) is 14.7 Å². The zero-order valence-corrected chi connectivity index (χ0v) is 15.4. The Hall–Kier alpha value is -1.72. The third-order valence-corrected chi connectivity index (χ3v) is 6.74. The van der Waals surface area contributed by atoms with Gasteiger partial charge in [-0.05, 0) is 25.0 Å². The number of halogens is 3. The van der Waals surface area contributed by atoms with Crippen LogP contribution in [0.2, 0.25) is 0 Å². The number of pyridine rings is 1. The van der Waals surface area contributed by atoms with E-state index in [1.54, 1.807) is 11.0 Å². The van der Waals surface area contributed by atoms with Crippen LogP contribution in [0.5, 0.6) is 0 Å². The van der Waals surface area contributed by atoms with Crippen LogP contribution < -0.4 is 0 Å². The van der Waals surface area contributed by atoms with E-state index >= 15 is 0 Å². The second-order valence-corrected chi connectivity index (χ2v) is 8.60. The number of carbonyl (C=O) groups excluding carboxylic acids is 1. The predicted octanol–water partition coefficient (Wildman–Crippen LogP) is 0.941. The van der Waals surface area contributed by atoms with E-state index in [-0.39, 0.29) is 24.5 Å². The average Bonchev–Trinajstić information content (AvgIpc) is 2.63. The fraction of sp³-hybridized carbons (Fsp3) is 0.625. The van der Waals surface area contributed by atoms with Crippen LogP contribution in [0.25, 0.3) is 0 Å². The summed E-state index contributed by atoms with van der Waals surface area (Å²) < 4.78 is 64.5. The number of alkyl halides is 3. The molecular weight excluding hydrogens is 385 g/mol. The molecule has 2 aliphatic rings. The Morgan fingerprint density at radius 3 is 2.44 bits per heavy atom. The van der Waals surface area contributed by atoms with Gasteiger partial charge in [0.05, 0.1) is 6.04 Å². The lowest BCUT2D eigenvalue weighted by molar-refractivity contribution is -0.168. The first kappa shape index (κ1) is 20.0. The van der Waals surface area contributed by atoms with Crippen molar-refractivity contribution in [1.29, 1.82) is 0 Å². The highest BCUT2D eigenvalue weighted by atomic mass is 32.2. The molecule has 2 fully saturated rings. The van der Waals surface area contributed by atoms with Gasteiger partial charge in [-0.2, -0.15) is 17.5 Å². The standard InChI is InChI=1S/C16H21F3N4O3S/c17-16(18,19)12-22-6-2-4-14(15(22)24)21-7-9-23(10-8-21)27(25,26)13-3-1-5-20-11-13/h1,3,5,11,14H,2,4,6-10,12H2/t14-/m0/s1. The summed E-state index contributed by atoms with van der Waals surface area (Å²) in [4.78, 5) is 19.0. The van der Waals surface area contributed by atoms with Crippen molar-refractivity contribution in [3.05, 3.63) is 24.5 Å². The van der Waals surface area contributed by atoms with Crippen molar-refractivity contribution in [2.45, 2.75) is 30.0 Å². The molecule has 0 N–H and O–H groups in total. The van der Waals surface area contributed by atoms with E-state index in [4.69, 9.17) is 0 Å². The van der Waals surface area contributed by atoms with Crippen LogP contribution in [0.15, 0.2) is 29.4 Å². The largest absolute Gasteiger partial charge is 0.406 e. The summed E-state index contributed by atoms with van der Waals surface area (Å²) in [6.07, 6.45) is -0.670. The number of sulfonamides is 1. The van der Waals surface area contributed by atoms with Crippen LogP contribution in [0.3, 0.4) is 0 Å². The lowest BCUT2D eigenvalue weighted by Gasteiger charge is -2.42. The van der Waals surface area contributed by atoms with E-state index in [1.807, 2.05) is 0 Å². The van der Waals surface area contributed by atoms with Crippen molar-refractivity contribution < 1.29 is 26.4 Å². The Morgan fingerprint density at radius 1 is 1.15 bits per heavy atom. The fourth-order valence-electron chi connectivity index (χ4n) is 3.54. The smallest absolute Gasteiger partial charge is 0.332 e. The van der Waals surface area contributed by atoms with Crippen LogP contribution in [0, 0.1) is 0 Å². The van der Waals surface area contributed by atoms with Crippen LogP contribution in [-0.2, 0) is 14.8 Å². The molecule has 7 nitrogen and oxygen atoms in total. The van der Waals surface area contributed by atoms with E-state index in [0.717, 1.165) is 4.90 Å². The minimum absolute atomic E-state index is 0.101. The quantitative estimate of drug-likeness (QED) is 0.744. The summed E-state index contributed by atoms with van der Waals surface area (Å²) >= 11 is 0. The molecule has 0 spiro atoms. The molecule has 1 atom stereocenters. The third kappa shape index (κ3) is 4.58. The Bertz CT molecular complexity index is 765. The molecule has 27 heavy (non-hydrogen) atoms. The van der Waals surface area contributed by atoms with Crippen molar-refractivity contribution in [3.8, 4) is 0 Å². The van der Waals surface area contributed by atoms with Crippen LogP contribution in [0.1, 0.15) is 12.8 Å². The molecule has 150 valence electrons. The monoisotopic (exact) mass is 406 g/mol. The maximum atomic E-state index is 12.6. The van der Waals surface area contributed by atoms with Gasteiger partial charge in [0.1, 0.15) is 11.4 Å². The second-order valence-electron chi connectivity index (χ2n) is 6.66. The summed E-state index contributed by atoms with van der Waals surface area (Å²) in [6.45, 7) is -0.173. The SMILES string of the molecule is O=C1[C@@H](N2CCN(S(=O)(=O)c3cccnc3)CC2)CCCN1CC(F)(F)F. The average molecular weight is 406 g/mol. The van der Waals surface area contributed by atoms with Crippen LogP contribution in [0.4, 0.5) is 13.2 Å². The lowest BCUT2D eigenvalue weighted by Crippen LogP contribution is -2.59. The van der Waals surface area contributed by atoms with Crippen molar-refractivity contribution in [3.63, 3.8) is 0 Å². The minimum Gasteiger partial charge on any atom is -0.332 e. The maximum absolute atomic E-state index is 12.6. The molecule has 1 aromatic rings. The summed E-state index contributed by atoms with van der Waals surface area (Å²) in [5.74, 6) is -0.526. The molecule has 0 unspecified atom stereocenters. The number of hydrogen-bond acceptors (Lipinski definition) is 5. The third-order valence-electron chi connectivity index (χ3n) is 4.86. The van der Waals surface area contributed by atoms with Gasteiger partial charge in [0.2, 0.25) is 15.9 Å².